The van der Waals surface area contributed by atoms with E-state index in [1.807, 2.05) is 0 Å². The number of rotatable bonds is 1. The fraction of sp³-hybridized carbons (Fsp3) is 0.222. The molecule has 3 rings (SSSR count). The summed E-state index contributed by atoms with van der Waals surface area (Å²) in [6, 6.07) is 13.2. The molecule has 0 N–H and O–H groups in total. The third-order valence-electron chi connectivity index (χ3n) is 3.86. The van der Waals surface area contributed by atoms with Crippen molar-refractivity contribution in [2.45, 2.75) is 27.2 Å². The lowest BCUT2D eigenvalue weighted by Crippen LogP contribution is -1.89. The number of allylic oxidation sites excluding steroid dienone is 4. The van der Waals surface area contributed by atoms with Gasteiger partial charge < -0.3 is 0 Å². The van der Waals surface area contributed by atoms with Gasteiger partial charge >= 0.3 is 0 Å². The Labute approximate surface area is 109 Å². The van der Waals surface area contributed by atoms with E-state index in [1.165, 1.54) is 38.6 Å². The summed E-state index contributed by atoms with van der Waals surface area (Å²) in [6.45, 7) is 6.62. The van der Waals surface area contributed by atoms with Crippen molar-refractivity contribution >= 4 is 16.3 Å². The Kier molecular flexibility index (Phi) is 2.59. The molecule has 0 saturated carbocycles. The van der Waals surface area contributed by atoms with Gasteiger partial charge in [0.05, 0.1) is 0 Å². The summed E-state index contributed by atoms with van der Waals surface area (Å²) in [5.74, 6) is 0. The highest BCUT2D eigenvalue weighted by Crippen LogP contribution is 2.37. The highest BCUT2D eigenvalue weighted by atomic mass is 14.2. The smallest absolute Gasteiger partial charge is 0.00579 e. The number of hydrogen-bond donors (Lipinski definition) is 0. The van der Waals surface area contributed by atoms with Gasteiger partial charge in [-0.1, -0.05) is 48.0 Å². The molecule has 1 aliphatic rings. The molecule has 0 fully saturated rings. The Bertz CT molecular complexity index is 684. The second-order valence-corrected chi connectivity index (χ2v) is 5.30. The van der Waals surface area contributed by atoms with E-state index in [0.717, 1.165) is 6.42 Å². The third-order valence-corrected chi connectivity index (χ3v) is 3.86. The van der Waals surface area contributed by atoms with E-state index in [0.29, 0.717) is 0 Å². The van der Waals surface area contributed by atoms with Crippen molar-refractivity contribution in [3.63, 3.8) is 0 Å². The molecule has 2 aromatic carbocycles. The van der Waals surface area contributed by atoms with Crippen molar-refractivity contribution in [2.75, 3.05) is 0 Å². The molecule has 0 radical (unpaired) electrons. The predicted molar refractivity (Wildman–Crippen MR) is 79.7 cm³/mol. The molecule has 0 aliphatic heterocycles. The van der Waals surface area contributed by atoms with E-state index >= 15 is 0 Å². The van der Waals surface area contributed by atoms with Crippen LogP contribution in [0.1, 0.15) is 31.4 Å². The van der Waals surface area contributed by atoms with Gasteiger partial charge in [-0.15, -0.1) is 0 Å². The van der Waals surface area contributed by atoms with Gasteiger partial charge in [-0.2, -0.15) is 0 Å². The molecule has 0 atom stereocenters. The molecule has 0 unspecified atom stereocenters. The summed E-state index contributed by atoms with van der Waals surface area (Å²) >= 11 is 0. The van der Waals surface area contributed by atoms with Crippen LogP contribution in [0.2, 0.25) is 0 Å². The van der Waals surface area contributed by atoms with Crippen LogP contribution in [-0.4, -0.2) is 0 Å². The Morgan fingerprint density at radius 3 is 2.22 bits per heavy atom. The monoisotopic (exact) mass is 234 g/mol. The van der Waals surface area contributed by atoms with Crippen LogP contribution >= 0.6 is 0 Å². The molecule has 0 spiro atoms. The lowest BCUT2D eigenvalue weighted by molar-refractivity contribution is 1.26. The van der Waals surface area contributed by atoms with Gasteiger partial charge in [0.15, 0.2) is 0 Å². The Balaban J connectivity index is 2.26. The number of fused-ring (bicyclic) bond motifs is 1. The number of aryl methyl sites for hydroxylation is 1. The van der Waals surface area contributed by atoms with Gasteiger partial charge in [0.1, 0.15) is 0 Å². The minimum atomic E-state index is 1.10. The predicted octanol–water partition coefficient (Wildman–Crippen LogP) is 5.27. The molecular formula is C18H18. The van der Waals surface area contributed by atoms with E-state index in [4.69, 9.17) is 0 Å². The van der Waals surface area contributed by atoms with Crippen LogP contribution in [0, 0.1) is 6.92 Å². The number of hydrogen-bond acceptors (Lipinski definition) is 0. The van der Waals surface area contributed by atoms with Crippen LogP contribution in [0.3, 0.4) is 0 Å². The van der Waals surface area contributed by atoms with Crippen molar-refractivity contribution in [1.82, 2.24) is 0 Å². The van der Waals surface area contributed by atoms with E-state index in [2.05, 4.69) is 63.2 Å². The minimum Gasteiger partial charge on any atom is -0.0686 e. The van der Waals surface area contributed by atoms with Crippen LogP contribution in [0.5, 0.6) is 0 Å². The standard InChI is InChI=1S/C18H18/c1-12-10-14(3)18(11-12)17-9-8-13(2)15-6-4-5-7-16(15)17/h4-10H,11H2,1-3H3. The van der Waals surface area contributed by atoms with Crippen LogP contribution in [-0.2, 0) is 0 Å². The topological polar surface area (TPSA) is 0 Å². The lowest BCUT2D eigenvalue weighted by atomic mass is 9.93. The normalized spacial score (nSPS) is 15.4. The highest BCUT2D eigenvalue weighted by Gasteiger charge is 2.14. The zero-order valence-electron chi connectivity index (χ0n) is 11.2. The van der Waals surface area contributed by atoms with Crippen molar-refractivity contribution in [3.8, 4) is 0 Å². The van der Waals surface area contributed by atoms with Crippen LogP contribution in [0.15, 0.2) is 53.6 Å². The first-order valence-electron chi connectivity index (χ1n) is 6.52. The maximum absolute atomic E-state index is 2.31. The van der Waals surface area contributed by atoms with Gasteiger partial charge in [0.2, 0.25) is 0 Å². The Morgan fingerprint density at radius 1 is 0.833 bits per heavy atom. The lowest BCUT2D eigenvalue weighted by Gasteiger charge is -2.11. The van der Waals surface area contributed by atoms with Crippen molar-refractivity contribution in [1.29, 1.82) is 0 Å². The average molecular weight is 234 g/mol. The molecule has 0 nitrogen and oxygen atoms in total. The van der Waals surface area contributed by atoms with Crippen molar-refractivity contribution in [3.05, 3.63) is 64.7 Å². The summed E-state index contributed by atoms with van der Waals surface area (Å²) in [5, 5.41) is 2.76. The first-order chi connectivity index (χ1) is 8.66. The van der Waals surface area contributed by atoms with Crippen molar-refractivity contribution in [2.24, 2.45) is 0 Å². The minimum absolute atomic E-state index is 1.10. The van der Waals surface area contributed by atoms with Crippen LogP contribution in [0.4, 0.5) is 0 Å². The quantitative estimate of drug-likeness (QED) is 0.630. The second-order valence-electron chi connectivity index (χ2n) is 5.30. The van der Waals surface area contributed by atoms with Gasteiger partial charge in [-0.05, 0) is 60.2 Å². The van der Waals surface area contributed by atoms with Crippen LogP contribution < -0.4 is 0 Å². The molecule has 0 heteroatoms. The zero-order chi connectivity index (χ0) is 12.7. The Hall–Kier alpha value is -1.82. The zero-order valence-corrected chi connectivity index (χ0v) is 11.2. The molecule has 18 heavy (non-hydrogen) atoms. The molecule has 0 heterocycles. The van der Waals surface area contributed by atoms with E-state index in [-0.39, 0.29) is 0 Å². The summed E-state index contributed by atoms with van der Waals surface area (Å²) in [7, 11) is 0. The molecule has 0 amide bonds. The molecule has 0 bridgehead atoms. The molecule has 1 aliphatic carbocycles. The first-order valence-corrected chi connectivity index (χ1v) is 6.52. The summed E-state index contributed by atoms with van der Waals surface area (Å²) in [6.07, 6.45) is 3.41. The highest BCUT2D eigenvalue weighted by molar-refractivity contribution is 5.97. The van der Waals surface area contributed by atoms with Crippen LogP contribution in [0.25, 0.3) is 16.3 Å². The molecule has 90 valence electrons. The van der Waals surface area contributed by atoms with E-state index in [1.54, 1.807) is 0 Å². The third kappa shape index (κ3) is 1.69. The fourth-order valence-electron chi connectivity index (χ4n) is 2.95. The second kappa shape index (κ2) is 4.13. The van der Waals surface area contributed by atoms with Crippen molar-refractivity contribution < 1.29 is 0 Å². The molecule has 0 saturated heterocycles. The van der Waals surface area contributed by atoms with Gasteiger partial charge in [-0.25, -0.2) is 0 Å². The van der Waals surface area contributed by atoms with Gasteiger partial charge in [-0.3, -0.25) is 0 Å². The first kappa shape index (κ1) is 11.3. The maximum atomic E-state index is 2.31. The summed E-state index contributed by atoms with van der Waals surface area (Å²) < 4.78 is 0. The molecular weight excluding hydrogens is 216 g/mol. The Morgan fingerprint density at radius 2 is 1.56 bits per heavy atom. The molecule has 0 aromatic heterocycles. The SMILES string of the molecule is CC1=CC(C)=C(c2ccc(C)c3ccccc23)C1. The molecule has 2 aromatic rings. The average Bonchev–Trinajstić information content (AvgIpc) is 2.69. The maximum Gasteiger partial charge on any atom is -0.00579 e. The van der Waals surface area contributed by atoms with Gasteiger partial charge in [0.25, 0.3) is 0 Å². The summed E-state index contributed by atoms with van der Waals surface area (Å²) in [5.41, 5.74) is 7.13. The number of benzene rings is 2. The van der Waals surface area contributed by atoms with E-state index in [9.17, 15) is 0 Å². The fourth-order valence-corrected chi connectivity index (χ4v) is 2.95. The van der Waals surface area contributed by atoms with E-state index < -0.39 is 0 Å². The summed E-state index contributed by atoms with van der Waals surface area (Å²) in [4.78, 5) is 0. The van der Waals surface area contributed by atoms with Gasteiger partial charge in [0, 0.05) is 0 Å². The largest absolute Gasteiger partial charge is 0.0686 e.